The maximum Gasteiger partial charge on any atom is 0.261 e. The van der Waals surface area contributed by atoms with Gasteiger partial charge in [0.15, 0.2) is 11.5 Å². The number of rotatable bonds is 5. The molecule has 0 aliphatic carbocycles. The summed E-state index contributed by atoms with van der Waals surface area (Å²) in [4.78, 5) is 36.9. The number of ether oxygens (including phenoxy) is 1. The fourth-order valence-corrected chi connectivity index (χ4v) is 2.90. The summed E-state index contributed by atoms with van der Waals surface area (Å²) in [6, 6.07) is 11.2. The molecule has 0 bridgehead atoms. The number of aliphatic carboxylic acids is 1. The summed E-state index contributed by atoms with van der Waals surface area (Å²) in [5, 5.41) is 21.4. The van der Waals surface area contributed by atoms with Crippen molar-refractivity contribution in [2.45, 2.75) is 6.92 Å². The molecular formula is C20H16NO6-. The Morgan fingerprint density at radius 3 is 2.48 bits per heavy atom. The van der Waals surface area contributed by atoms with Crippen LogP contribution in [0.15, 0.2) is 42.5 Å². The average Bonchev–Trinajstić information content (AvgIpc) is 2.65. The molecule has 0 spiro atoms. The van der Waals surface area contributed by atoms with Crippen molar-refractivity contribution in [1.82, 2.24) is 4.90 Å². The van der Waals surface area contributed by atoms with Crippen molar-refractivity contribution in [3.8, 4) is 11.5 Å². The van der Waals surface area contributed by atoms with Crippen LogP contribution in [-0.4, -0.2) is 40.9 Å². The van der Waals surface area contributed by atoms with Crippen molar-refractivity contribution in [1.29, 1.82) is 0 Å². The third-order valence-corrected chi connectivity index (χ3v) is 4.09. The Morgan fingerprint density at radius 1 is 1.11 bits per heavy atom. The van der Waals surface area contributed by atoms with Gasteiger partial charge >= 0.3 is 0 Å². The molecule has 0 unspecified atom stereocenters. The first-order valence-corrected chi connectivity index (χ1v) is 8.26. The van der Waals surface area contributed by atoms with Crippen LogP contribution in [0.5, 0.6) is 11.5 Å². The molecule has 1 N–H and O–H groups in total. The molecule has 2 amide bonds. The number of hydrogen-bond acceptors (Lipinski definition) is 6. The minimum absolute atomic E-state index is 0.0930. The first-order valence-electron chi connectivity index (χ1n) is 8.26. The van der Waals surface area contributed by atoms with Gasteiger partial charge in [0, 0.05) is 16.7 Å². The molecule has 0 saturated carbocycles. The number of nitrogens with zero attached hydrogens (tertiary/aromatic N) is 1. The van der Waals surface area contributed by atoms with Gasteiger partial charge in [-0.15, -0.1) is 0 Å². The lowest BCUT2D eigenvalue weighted by Crippen LogP contribution is -2.47. The second-order valence-corrected chi connectivity index (χ2v) is 5.80. The summed E-state index contributed by atoms with van der Waals surface area (Å²) in [6.45, 7) is 1.27. The van der Waals surface area contributed by atoms with Gasteiger partial charge in [0.1, 0.15) is 0 Å². The maximum atomic E-state index is 12.8. The Morgan fingerprint density at radius 2 is 1.81 bits per heavy atom. The van der Waals surface area contributed by atoms with Crippen molar-refractivity contribution in [3.05, 3.63) is 59.2 Å². The lowest BCUT2D eigenvalue weighted by Gasteiger charge is -2.29. The van der Waals surface area contributed by atoms with Crippen LogP contribution in [0, 0.1) is 0 Å². The zero-order valence-electron chi connectivity index (χ0n) is 14.5. The Balaban J connectivity index is 2.16. The van der Waals surface area contributed by atoms with Crippen LogP contribution in [0.25, 0.3) is 11.6 Å². The summed E-state index contributed by atoms with van der Waals surface area (Å²) < 4.78 is 5.34. The predicted octanol–water partition coefficient (Wildman–Crippen LogP) is 1.06. The second kappa shape index (κ2) is 7.33. The van der Waals surface area contributed by atoms with Gasteiger partial charge in [0.25, 0.3) is 11.8 Å². The molecule has 2 aromatic carbocycles. The van der Waals surface area contributed by atoms with Crippen LogP contribution >= 0.6 is 0 Å². The molecule has 27 heavy (non-hydrogen) atoms. The number of amides is 2. The minimum atomic E-state index is -1.54. The van der Waals surface area contributed by atoms with Gasteiger partial charge in [-0.1, -0.05) is 30.3 Å². The summed E-state index contributed by atoms with van der Waals surface area (Å²) in [5.74, 6) is -2.92. The molecule has 1 aliphatic heterocycles. The Kier molecular flexibility index (Phi) is 4.94. The lowest BCUT2D eigenvalue weighted by molar-refractivity contribution is -0.305. The first kappa shape index (κ1) is 18.2. The number of carboxylic acid groups (broad SMARTS) is 1. The first-order chi connectivity index (χ1) is 12.9. The monoisotopic (exact) mass is 366 g/mol. The summed E-state index contributed by atoms with van der Waals surface area (Å²) in [5.41, 5.74) is 0.964. The Labute approximate surface area is 155 Å². The number of imide groups is 1. The number of benzene rings is 2. The highest BCUT2D eigenvalue weighted by molar-refractivity contribution is 6.34. The van der Waals surface area contributed by atoms with Gasteiger partial charge in [0.05, 0.1) is 19.1 Å². The van der Waals surface area contributed by atoms with Gasteiger partial charge in [-0.2, -0.15) is 0 Å². The molecule has 0 aromatic heterocycles. The molecule has 7 nitrogen and oxygen atoms in total. The molecule has 7 heteroatoms. The third kappa shape index (κ3) is 3.39. The summed E-state index contributed by atoms with van der Waals surface area (Å²) >= 11 is 0. The molecule has 0 fully saturated rings. The van der Waals surface area contributed by atoms with Crippen LogP contribution in [0.3, 0.4) is 0 Å². The van der Waals surface area contributed by atoms with Gasteiger partial charge in [-0.25, -0.2) is 0 Å². The molecule has 0 radical (unpaired) electrons. The Hall–Kier alpha value is -3.61. The molecular weight excluding hydrogens is 350 g/mol. The number of fused-ring (bicyclic) bond motifs is 1. The summed E-state index contributed by atoms with van der Waals surface area (Å²) in [7, 11) is 0. The fourth-order valence-electron chi connectivity index (χ4n) is 2.90. The molecule has 1 aliphatic rings. The van der Waals surface area contributed by atoms with Crippen molar-refractivity contribution in [3.63, 3.8) is 0 Å². The Bertz CT molecular complexity index is 963. The topological polar surface area (TPSA) is 107 Å². The molecule has 3 rings (SSSR count). The number of carbonyl (C=O) groups excluding carboxylic acids is 3. The van der Waals surface area contributed by atoms with E-state index in [4.69, 9.17) is 4.74 Å². The number of carbonyl (C=O) groups is 3. The van der Waals surface area contributed by atoms with Gasteiger partial charge < -0.3 is 19.7 Å². The second-order valence-electron chi connectivity index (χ2n) is 5.80. The SMILES string of the molecule is CCOc1cccc(/C=C2\C(=O)N(CC(=O)[O-])C(=O)c3ccccc32)c1O. The number of aromatic hydroxyl groups is 1. The minimum Gasteiger partial charge on any atom is -0.548 e. The zero-order chi connectivity index (χ0) is 19.6. The quantitative estimate of drug-likeness (QED) is 0.626. The number of para-hydroxylation sites is 1. The maximum absolute atomic E-state index is 12.8. The van der Waals surface area contributed by atoms with Crippen LogP contribution < -0.4 is 9.84 Å². The van der Waals surface area contributed by atoms with E-state index in [0.29, 0.717) is 22.6 Å². The van der Waals surface area contributed by atoms with Crippen LogP contribution in [-0.2, 0) is 9.59 Å². The molecule has 0 atom stereocenters. The largest absolute Gasteiger partial charge is 0.548 e. The van der Waals surface area contributed by atoms with Gasteiger partial charge in [-0.3, -0.25) is 14.5 Å². The van der Waals surface area contributed by atoms with E-state index in [-0.39, 0.29) is 22.6 Å². The van der Waals surface area contributed by atoms with Crippen LogP contribution in [0.1, 0.15) is 28.4 Å². The molecule has 1 heterocycles. The highest BCUT2D eigenvalue weighted by Gasteiger charge is 2.34. The van der Waals surface area contributed by atoms with Crippen molar-refractivity contribution in [2.24, 2.45) is 0 Å². The van der Waals surface area contributed by atoms with Crippen molar-refractivity contribution < 1.29 is 29.3 Å². The van der Waals surface area contributed by atoms with Crippen LogP contribution in [0.4, 0.5) is 0 Å². The number of phenolic OH excluding ortho intramolecular Hbond substituents is 1. The van der Waals surface area contributed by atoms with E-state index in [0.717, 1.165) is 0 Å². The zero-order valence-corrected chi connectivity index (χ0v) is 14.5. The van der Waals surface area contributed by atoms with E-state index in [1.165, 1.54) is 12.1 Å². The standard InChI is InChI=1S/C20H17NO6/c1-2-27-16-9-5-6-12(18(16)24)10-15-13-7-3-4-8-14(13)19(25)21(20(15)26)11-17(22)23/h3-10,24H,2,11H2,1H3,(H,22,23)/p-1/b15-10-. The van der Waals surface area contributed by atoms with Crippen molar-refractivity contribution in [2.75, 3.05) is 13.2 Å². The van der Waals surface area contributed by atoms with E-state index < -0.39 is 24.3 Å². The van der Waals surface area contributed by atoms with E-state index in [1.54, 1.807) is 43.3 Å². The van der Waals surface area contributed by atoms with Gasteiger partial charge in [-0.05, 0) is 30.7 Å². The summed E-state index contributed by atoms with van der Waals surface area (Å²) in [6.07, 6.45) is 1.41. The third-order valence-electron chi connectivity index (χ3n) is 4.09. The lowest BCUT2D eigenvalue weighted by atomic mass is 9.92. The highest BCUT2D eigenvalue weighted by Crippen LogP contribution is 2.35. The van der Waals surface area contributed by atoms with E-state index in [1.807, 2.05) is 0 Å². The number of phenols is 1. The average molecular weight is 366 g/mol. The molecule has 0 saturated heterocycles. The van der Waals surface area contributed by atoms with Crippen LogP contribution in [0.2, 0.25) is 0 Å². The van der Waals surface area contributed by atoms with E-state index in [9.17, 15) is 24.6 Å². The highest BCUT2D eigenvalue weighted by atomic mass is 16.5. The molecule has 138 valence electrons. The van der Waals surface area contributed by atoms with Gasteiger partial charge in [0.2, 0.25) is 0 Å². The van der Waals surface area contributed by atoms with Crippen molar-refractivity contribution >= 4 is 29.4 Å². The number of carboxylic acids is 1. The van der Waals surface area contributed by atoms with E-state index in [2.05, 4.69) is 0 Å². The predicted molar refractivity (Wildman–Crippen MR) is 94.6 cm³/mol. The number of hydrogen-bond donors (Lipinski definition) is 1. The molecule has 2 aromatic rings. The normalized spacial score (nSPS) is 15.0. The van der Waals surface area contributed by atoms with E-state index >= 15 is 0 Å². The smallest absolute Gasteiger partial charge is 0.261 e. The fraction of sp³-hybridized carbons (Fsp3) is 0.150.